The molecule has 0 bridgehead atoms. The van der Waals surface area contributed by atoms with E-state index in [0.717, 1.165) is 23.2 Å². The SMILES string of the molecule is Cc1cn2c(=O)c(C(=O)Nc3cccc(C(F)(F)F)c3)cnc2s1. The summed E-state index contributed by atoms with van der Waals surface area (Å²) < 4.78 is 39.3. The largest absolute Gasteiger partial charge is 0.416 e. The van der Waals surface area contributed by atoms with Crippen molar-refractivity contribution in [2.45, 2.75) is 13.1 Å². The third-order valence-electron chi connectivity index (χ3n) is 3.21. The van der Waals surface area contributed by atoms with Gasteiger partial charge in [0.05, 0.1) is 5.56 Å². The second kappa shape index (κ2) is 5.75. The third-order valence-corrected chi connectivity index (χ3v) is 4.13. The summed E-state index contributed by atoms with van der Waals surface area (Å²) in [5, 5.41) is 2.29. The molecule has 0 aliphatic carbocycles. The monoisotopic (exact) mass is 353 g/mol. The Hall–Kier alpha value is -2.68. The highest BCUT2D eigenvalue weighted by atomic mass is 32.1. The number of nitrogens with one attached hydrogen (secondary N) is 1. The first-order chi connectivity index (χ1) is 11.3. The van der Waals surface area contributed by atoms with Crippen LogP contribution in [0.5, 0.6) is 0 Å². The molecule has 3 aromatic rings. The van der Waals surface area contributed by atoms with Gasteiger partial charge in [0.15, 0.2) is 4.96 Å². The molecule has 0 spiro atoms. The Morgan fingerprint density at radius 1 is 1.33 bits per heavy atom. The molecule has 2 heterocycles. The second-order valence-corrected chi connectivity index (χ2v) is 6.22. The molecule has 1 N–H and O–H groups in total. The van der Waals surface area contributed by atoms with Gasteiger partial charge in [-0.3, -0.25) is 14.0 Å². The Kier molecular flexibility index (Phi) is 3.88. The van der Waals surface area contributed by atoms with Crippen molar-refractivity contribution in [1.29, 1.82) is 0 Å². The summed E-state index contributed by atoms with van der Waals surface area (Å²) in [6, 6.07) is 4.18. The summed E-state index contributed by atoms with van der Waals surface area (Å²) in [5.74, 6) is -0.815. The van der Waals surface area contributed by atoms with Crippen molar-refractivity contribution in [2.75, 3.05) is 5.32 Å². The molecular formula is C15H10F3N3O2S. The van der Waals surface area contributed by atoms with Crippen LogP contribution in [0.4, 0.5) is 18.9 Å². The number of amides is 1. The lowest BCUT2D eigenvalue weighted by Crippen LogP contribution is -2.26. The van der Waals surface area contributed by atoms with E-state index < -0.39 is 23.2 Å². The number of halogens is 3. The van der Waals surface area contributed by atoms with E-state index in [1.807, 2.05) is 0 Å². The van der Waals surface area contributed by atoms with Crippen LogP contribution in [0.1, 0.15) is 20.8 Å². The Morgan fingerprint density at radius 2 is 2.08 bits per heavy atom. The number of thiazole rings is 1. The molecule has 2 aromatic heterocycles. The molecule has 24 heavy (non-hydrogen) atoms. The van der Waals surface area contributed by atoms with Crippen LogP contribution in [0, 0.1) is 6.92 Å². The number of nitrogens with zero attached hydrogens (tertiary/aromatic N) is 2. The van der Waals surface area contributed by atoms with E-state index >= 15 is 0 Å². The average Bonchev–Trinajstić information content (AvgIpc) is 2.88. The van der Waals surface area contributed by atoms with Gasteiger partial charge in [-0.1, -0.05) is 6.07 Å². The normalized spacial score (nSPS) is 11.7. The molecule has 124 valence electrons. The van der Waals surface area contributed by atoms with Crippen molar-refractivity contribution in [3.8, 4) is 0 Å². The minimum Gasteiger partial charge on any atom is -0.322 e. The fraction of sp³-hybridized carbons (Fsp3) is 0.133. The lowest BCUT2D eigenvalue weighted by molar-refractivity contribution is -0.137. The van der Waals surface area contributed by atoms with Crippen molar-refractivity contribution in [3.63, 3.8) is 0 Å². The smallest absolute Gasteiger partial charge is 0.322 e. The van der Waals surface area contributed by atoms with E-state index in [9.17, 15) is 22.8 Å². The van der Waals surface area contributed by atoms with E-state index in [1.54, 1.807) is 13.1 Å². The van der Waals surface area contributed by atoms with E-state index in [-0.39, 0.29) is 11.3 Å². The predicted octanol–water partition coefficient (Wildman–Crippen LogP) is 3.34. The lowest BCUT2D eigenvalue weighted by Gasteiger charge is -2.09. The maximum absolute atomic E-state index is 12.7. The maximum atomic E-state index is 12.7. The van der Waals surface area contributed by atoms with Crippen LogP contribution in [0.3, 0.4) is 0 Å². The van der Waals surface area contributed by atoms with Crippen LogP contribution in [0.2, 0.25) is 0 Å². The number of anilines is 1. The van der Waals surface area contributed by atoms with Crippen LogP contribution in [-0.4, -0.2) is 15.3 Å². The third kappa shape index (κ3) is 3.02. The highest BCUT2D eigenvalue weighted by molar-refractivity contribution is 7.16. The molecule has 1 aromatic carbocycles. The number of aromatic nitrogens is 2. The molecule has 1 amide bonds. The van der Waals surface area contributed by atoms with E-state index in [2.05, 4.69) is 10.3 Å². The van der Waals surface area contributed by atoms with Gasteiger partial charge >= 0.3 is 6.18 Å². The van der Waals surface area contributed by atoms with E-state index in [1.165, 1.54) is 27.9 Å². The summed E-state index contributed by atoms with van der Waals surface area (Å²) in [7, 11) is 0. The fourth-order valence-corrected chi connectivity index (χ4v) is 2.91. The number of hydrogen-bond acceptors (Lipinski definition) is 4. The van der Waals surface area contributed by atoms with Crippen molar-refractivity contribution in [3.05, 3.63) is 63.0 Å². The van der Waals surface area contributed by atoms with Crippen LogP contribution >= 0.6 is 11.3 Å². The molecule has 0 aliphatic rings. The summed E-state index contributed by atoms with van der Waals surface area (Å²) in [6.07, 6.45) is -1.85. The first kappa shape index (κ1) is 16.2. The Labute approximate surface area is 137 Å². The average molecular weight is 353 g/mol. The number of carbonyl (C=O) groups excluding carboxylic acids is 1. The minimum absolute atomic E-state index is 0.0548. The molecule has 9 heteroatoms. The molecule has 3 rings (SSSR count). The predicted molar refractivity (Wildman–Crippen MR) is 83.5 cm³/mol. The van der Waals surface area contributed by atoms with Crippen molar-refractivity contribution < 1.29 is 18.0 Å². The van der Waals surface area contributed by atoms with Gasteiger partial charge in [-0.15, -0.1) is 11.3 Å². The number of benzene rings is 1. The van der Waals surface area contributed by atoms with Crippen LogP contribution in [0.25, 0.3) is 4.96 Å². The number of aryl methyl sites for hydroxylation is 1. The molecule has 0 fully saturated rings. The first-order valence-electron chi connectivity index (χ1n) is 6.72. The summed E-state index contributed by atoms with van der Waals surface area (Å²) >= 11 is 1.29. The zero-order chi connectivity index (χ0) is 17.5. The van der Waals surface area contributed by atoms with Crippen LogP contribution in [0.15, 0.2) is 41.5 Å². The van der Waals surface area contributed by atoms with Gasteiger partial charge in [0.1, 0.15) is 5.56 Å². The van der Waals surface area contributed by atoms with Gasteiger partial charge in [-0.25, -0.2) is 4.98 Å². The molecule has 0 saturated heterocycles. The zero-order valence-electron chi connectivity index (χ0n) is 12.2. The van der Waals surface area contributed by atoms with Crippen molar-refractivity contribution in [2.24, 2.45) is 0 Å². The van der Waals surface area contributed by atoms with Gasteiger partial charge in [-0.2, -0.15) is 13.2 Å². The Bertz CT molecular complexity index is 992. The van der Waals surface area contributed by atoms with Gasteiger partial charge in [0, 0.05) is 23.0 Å². The maximum Gasteiger partial charge on any atom is 0.416 e. The molecule has 0 aliphatic heterocycles. The number of hydrogen-bond donors (Lipinski definition) is 1. The fourth-order valence-electron chi connectivity index (χ4n) is 2.12. The molecule has 0 radical (unpaired) electrons. The lowest BCUT2D eigenvalue weighted by atomic mass is 10.2. The number of fused-ring (bicyclic) bond motifs is 1. The van der Waals surface area contributed by atoms with Crippen LogP contribution < -0.4 is 10.9 Å². The summed E-state index contributed by atoms with van der Waals surface area (Å²) in [4.78, 5) is 29.8. The number of alkyl halides is 3. The van der Waals surface area contributed by atoms with Crippen molar-refractivity contribution >= 4 is 27.9 Å². The minimum atomic E-state index is -4.52. The Balaban J connectivity index is 1.93. The number of carbonyl (C=O) groups is 1. The Morgan fingerprint density at radius 3 is 2.79 bits per heavy atom. The van der Waals surface area contributed by atoms with Gasteiger partial charge < -0.3 is 5.32 Å². The van der Waals surface area contributed by atoms with Crippen LogP contribution in [-0.2, 0) is 6.18 Å². The first-order valence-corrected chi connectivity index (χ1v) is 7.54. The van der Waals surface area contributed by atoms with E-state index in [0.29, 0.717) is 4.96 Å². The molecule has 0 saturated carbocycles. The summed E-state index contributed by atoms with van der Waals surface area (Å²) in [5.41, 5.74) is -1.77. The van der Waals surface area contributed by atoms with E-state index in [4.69, 9.17) is 0 Å². The molecule has 0 atom stereocenters. The van der Waals surface area contributed by atoms with Gasteiger partial charge in [-0.05, 0) is 25.1 Å². The number of rotatable bonds is 2. The standard InChI is InChI=1S/C15H10F3N3O2S/c1-8-7-21-13(23)11(6-19-14(21)24-8)12(22)20-10-4-2-3-9(5-10)15(16,17)18/h2-7H,1H3,(H,20,22). The zero-order valence-corrected chi connectivity index (χ0v) is 13.0. The van der Waals surface area contributed by atoms with Gasteiger partial charge in [0.25, 0.3) is 11.5 Å². The molecule has 0 unspecified atom stereocenters. The quantitative estimate of drug-likeness (QED) is 0.769. The van der Waals surface area contributed by atoms with Crippen molar-refractivity contribution in [1.82, 2.24) is 9.38 Å². The summed E-state index contributed by atoms with van der Waals surface area (Å²) in [6.45, 7) is 1.79. The highest BCUT2D eigenvalue weighted by Crippen LogP contribution is 2.30. The molecule has 5 nitrogen and oxygen atoms in total. The topological polar surface area (TPSA) is 63.5 Å². The molecular weight excluding hydrogens is 343 g/mol. The second-order valence-electron chi connectivity index (χ2n) is 5.00. The highest BCUT2D eigenvalue weighted by Gasteiger charge is 2.30. The van der Waals surface area contributed by atoms with Gasteiger partial charge in [0.2, 0.25) is 0 Å².